The lowest BCUT2D eigenvalue weighted by molar-refractivity contribution is -0.118. The molecule has 0 atom stereocenters. The number of nitrogens with zero attached hydrogens (tertiary/aromatic N) is 3. The summed E-state index contributed by atoms with van der Waals surface area (Å²) in [5.41, 5.74) is 2.33. The smallest absolute Gasteiger partial charge is 0.234 e. The van der Waals surface area contributed by atoms with Gasteiger partial charge in [-0.05, 0) is 24.5 Å². The Hall–Kier alpha value is -2.10. The number of hydrogen-bond donors (Lipinski definition) is 0. The summed E-state index contributed by atoms with van der Waals surface area (Å²) in [6.07, 6.45) is 6.04. The Kier molecular flexibility index (Phi) is 3.07. The van der Waals surface area contributed by atoms with Crippen LogP contribution in [0.4, 0.5) is 5.69 Å². The molecule has 0 N–H and O–H groups in total. The summed E-state index contributed by atoms with van der Waals surface area (Å²) in [5.74, 6) is 0.939. The van der Waals surface area contributed by atoms with Gasteiger partial charge in [-0.2, -0.15) is 0 Å². The SMILES string of the molecule is Cn1ccnc1CC(=O)N1CCCc2ccccc21. The van der Waals surface area contributed by atoms with Gasteiger partial charge in [0.2, 0.25) is 5.91 Å². The minimum atomic E-state index is 0.126. The molecule has 0 bridgehead atoms. The van der Waals surface area contributed by atoms with E-state index in [0.29, 0.717) is 6.42 Å². The normalized spacial score (nSPS) is 14.3. The van der Waals surface area contributed by atoms with Crippen molar-refractivity contribution in [3.63, 3.8) is 0 Å². The summed E-state index contributed by atoms with van der Waals surface area (Å²) in [7, 11) is 1.92. The van der Waals surface area contributed by atoms with Crippen LogP contribution in [0.25, 0.3) is 0 Å². The number of rotatable bonds is 2. The van der Waals surface area contributed by atoms with Gasteiger partial charge in [0.25, 0.3) is 0 Å². The molecule has 1 aliphatic heterocycles. The molecule has 0 spiro atoms. The summed E-state index contributed by atoms with van der Waals surface area (Å²) in [4.78, 5) is 18.6. The molecule has 0 saturated heterocycles. The average Bonchev–Trinajstić information content (AvgIpc) is 2.83. The monoisotopic (exact) mass is 255 g/mol. The van der Waals surface area contributed by atoms with Gasteiger partial charge in [0, 0.05) is 31.7 Å². The summed E-state index contributed by atoms with van der Waals surface area (Å²) in [5, 5.41) is 0. The van der Waals surface area contributed by atoms with Crippen molar-refractivity contribution >= 4 is 11.6 Å². The van der Waals surface area contributed by atoms with Crippen molar-refractivity contribution in [3.8, 4) is 0 Å². The molecule has 0 aliphatic carbocycles. The third kappa shape index (κ3) is 2.26. The molecular weight excluding hydrogens is 238 g/mol. The first kappa shape index (κ1) is 12.0. The van der Waals surface area contributed by atoms with Crippen LogP contribution in [0.15, 0.2) is 36.7 Å². The number of hydrogen-bond acceptors (Lipinski definition) is 2. The Morgan fingerprint density at radius 2 is 2.21 bits per heavy atom. The lowest BCUT2D eigenvalue weighted by Gasteiger charge is -2.29. The molecule has 19 heavy (non-hydrogen) atoms. The predicted octanol–water partition coefficient (Wildman–Crippen LogP) is 1.94. The van der Waals surface area contributed by atoms with Crippen LogP contribution in [-0.4, -0.2) is 22.0 Å². The van der Waals surface area contributed by atoms with E-state index in [-0.39, 0.29) is 5.91 Å². The van der Waals surface area contributed by atoms with Gasteiger partial charge in [-0.1, -0.05) is 18.2 Å². The summed E-state index contributed by atoms with van der Waals surface area (Å²) in [6, 6.07) is 8.16. The number of amides is 1. The molecule has 4 heteroatoms. The average molecular weight is 255 g/mol. The Bertz CT molecular complexity index is 603. The van der Waals surface area contributed by atoms with Crippen LogP contribution in [0.5, 0.6) is 0 Å². The van der Waals surface area contributed by atoms with E-state index in [4.69, 9.17) is 0 Å². The van der Waals surface area contributed by atoms with Gasteiger partial charge < -0.3 is 9.47 Å². The number of aryl methyl sites for hydroxylation is 2. The van der Waals surface area contributed by atoms with Crippen molar-refractivity contribution in [2.24, 2.45) is 7.05 Å². The molecule has 0 unspecified atom stereocenters. The topological polar surface area (TPSA) is 38.1 Å². The molecule has 2 aromatic rings. The third-order valence-corrected chi connectivity index (χ3v) is 3.64. The van der Waals surface area contributed by atoms with Crippen LogP contribution in [0.3, 0.4) is 0 Å². The Morgan fingerprint density at radius 3 is 3.00 bits per heavy atom. The van der Waals surface area contributed by atoms with Gasteiger partial charge in [0.1, 0.15) is 5.82 Å². The maximum absolute atomic E-state index is 12.5. The van der Waals surface area contributed by atoms with Crippen LogP contribution in [0.1, 0.15) is 17.8 Å². The second kappa shape index (κ2) is 4.88. The Morgan fingerprint density at radius 1 is 1.37 bits per heavy atom. The number of carbonyl (C=O) groups excluding carboxylic acids is 1. The molecule has 1 aliphatic rings. The van der Waals surface area contributed by atoms with E-state index in [2.05, 4.69) is 11.1 Å². The van der Waals surface area contributed by atoms with E-state index in [1.165, 1.54) is 5.56 Å². The molecule has 0 saturated carbocycles. The lowest BCUT2D eigenvalue weighted by atomic mass is 10.0. The van der Waals surface area contributed by atoms with Gasteiger partial charge in [-0.25, -0.2) is 4.98 Å². The summed E-state index contributed by atoms with van der Waals surface area (Å²) < 4.78 is 1.90. The standard InChI is InChI=1S/C15H17N3O/c1-17-10-8-16-14(17)11-15(19)18-9-4-6-12-5-2-3-7-13(12)18/h2-3,5,7-8,10H,4,6,9,11H2,1H3. The molecule has 3 rings (SSSR count). The van der Waals surface area contributed by atoms with Gasteiger partial charge in [0.05, 0.1) is 6.42 Å². The first-order valence-corrected chi connectivity index (χ1v) is 6.60. The van der Waals surface area contributed by atoms with E-state index in [1.54, 1.807) is 6.20 Å². The number of aromatic nitrogens is 2. The predicted molar refractivity (Wildman–Crippen MR) is 74.0 cm³/mol. The van der Waals surface area contributed by atoms with E-state index in [0.717, 1.165) is 30.9 Å². The number of imidazole rings is 1. The molecule has 0 radical (unpaired) electrons. The minimum Gasteiger partial charge on any atom is -0.338 e. The van der Waals surface area contributed by atoms with Gasteiger partial charge >= 0.3 is 0 Å². The Balaban J connectivity index is 1.84. The second-order valence-corrected chi connectivity index (χ2v) is 4.91. The van der Waals surface area contributed by atoms with Gasteiger partial charge in [-0.15, -0.1) is 0 Å². The van der Waals surface area contributed by atoms with Crippen LogP contribution in [0, 0.1) is 0 Å². The van der Waals surface area contributed by atoms with E-state index >= 15 is 0 Å². The molecule has 0 fully saturated rings. The van der Waals surface area contributed by atoms with Crippen LogP contribution in [0.2, 0.25) is 0 Å². The first-order valence-electron chi connectivity index (χ1n) is 6.60. The molecular formula is C15H17N3O. The number of anilines is 1. The Labute approximate surface area is 112 Å². The minimum absolute atomic E-state index is 0.126. The molecule has 98 valence electrons. The summed E-state index contributed by atoms with van der Waals surface area (Å²) in [6.45, 7) is 0.806. The number of para-hydroxylation sites is 1. The maximum Gasteiger partial charge on any atom is 0.234 e. The van der Waals surface area contributed by atoms with E-state index in [1.807, 2.05) is 40.9 Å². The largest absolute Gasteiger partial charge is 0.338 e. The zero-order valence-electron chi connectivity index (χ0n) is 11.0. The van der Waals surface area contributed by atoms with Crippen molar-refractivity contribution in [2.75, 3.05) is 11.4 Å². The van der Waals surface area contributed by atoms with Crippen molar-refractivity contribution < 1.29 is 4.79 Å². The zero-order valence-corrected chi connectivity index (χ0v) is 11.0. The molecule has 4 nitrogen and oxygen atoms in total. The van der Waals surface area contributed by atoms with Crippen molar-refractivity contribution in [1.29, 1.82) is 0 Å². The van der Waals surface area contributed by atoms with Crippen LogP contribution < -0.4 is 4.90 Å². The van der Waals surface area contributed by atoms with E-state index in [9.17, 15) is 4.79 Å². The van der Waals surface area contributed by atoms with Crippen molar-refractivity contribution in [1.82, 2.24) is 9.55 Å². The highest BCUT2D eigenvalue weighted by atomic mass is 16.2. The lowest BCUT2D eigenvalue weighted by Crippen LogP contribution is -2.36. The molecule has 2 heterocycles. The molecule has 1 aromatic heterocycles. The highest BCUT2D eigenvalue weighted by Crippen LogP contribution is 2.27. The van der Waals surface area contributed by atoms with Crippen LogP contribution in [-0.2, 0) is 24.7 Å². The fourth-order valence-electron chi connectivity index (χ4n) is 2.59. The quantitative estimate of drug-likeness (QED) is 0.822. The van der Waals surface area contributed by atoms with E-state index < -0.39 is 0 Å². The third-order valence-electron chi connectivity index (χ3n) is 3.64. The maximum atomic E-state index is 12.5. The fourth-order valence-corrected chi connectivity index (χ4v) is 2.59. The van der Waals surface area contributed by atoms with Crippen LogP contribution >= 0.6 is 0 Å². The van der Waals surface area contributed by atoms with Crippen molar-refractivity contribution in [3.05, 3.63) is 48.0 Å². The fraction of sp³-hybridized carbons (Fsp3) is 0.333. The number of benzene rings is 1. The van der Waals surface area contributed by atoms with Crippen molar-refractivity contribution in [2.45, 2.75) is 19.3 Å². The van der Waals surface area contributed by atoms with Gasteiger partial charge in [-0.3, -0.25) is 4.79 Å². The molecule has 1 aromatic carbocycles. The van der Waals surface area contributed by atoms with Gasteiger partial charge in [0.15, 0.2) is 0 Å². The zero-order chi connectivity index (χ0) is 13.2. The summed E-state index contributed by atoms with van der Waals surface area (Å²) >= 11 is 0. The highest BCUT2D eigenvalue weighted by Gasteiger charge is 2.22. The molecule has 1 amide bonds. The second-order valence-electron chi connectivity index (χ2n) is 4.91. The first-order chi connectivity index (χ1) is 9.25. The number of fused-ring (bicyclic) bond motifs is 1. The highest BCUT2D eigenvalue weighted by molar-refractivity contribution is 5.95. The number of carbonyl (C=O) groups is 1.